The van der Waals surface area contributed by atoms with Crippen molar-refractivity contribution in [3.63, 3.8) is 0 Å². The smallest absolute Gasteiger partial charge is 0.0635 e. The SMILES string of the molecule is CC(C)(C)c1ccc(CNCCC#N)cc1. The average Bonchev–Trinajstić information content (AvgIpc) is 2.24. The van der Waals surface area contributed by atoms with Gasteiger partial charge in [-0.2, -0.15) is 5.26 Å². The fourth-order valence-electron chi connectivity index (χ4n) is 1.50. The summed E-state index contributed by atoms with van der Waals surface area (Å²) >= 11 is 0. The Morgan fingerprint density at radius 3 is 2.31 bits per heavy atom. The molecule has 0 radical (unpaired) electrons. The molecule has 16 heavy (non-hydrogen) atoms. The zero-order valence-corrected chi connectivity index (χ0v) is 10.4. The van der Waals surface area contributed by atoms with E-state index >= 15 is 0 Å². The minimum absolute atomic E-state index is 0.215. The molecule has 2 heteroatoms. The lowest BCUT2D eigenvalue weighted by Crippen LogP contribution is -2.15. The van der Waals surface area contributed by atoms with Crippen LogP contribution in [0.5, 0.6) is 0 Å². The molecule has 0 aliphatic carbocycles. The first-order valence-corrected chi connectivity index (χ1v) is 5.71. The van der Waals surface area contributed by atoms with E-state index in [9.17, 15) is 0 Å². The van der Waals surface area contributed by atoms with Crippen molar-refractivity contribution >= 4 is 0 Å². The highest BCUT2D eigenvalue weighted by molar-refractivity contribution is 5.27. The lowest BCUT2D eigenvalue weighted by Gasteiger charge is -2.19. The van der Waals surface area contributed by atoms with Crippen LogP contribution >= 0.6 is 0 Å². The van der Waals surface area contributed by atoms with Crippen LogP contribution in [0, 0.1) is 11.3 Å². The van der Waals surface area contributed by atoms with Crippen LogP contribution < -0.4 is 5.32 Å². The summed E-state index contributed by atoms with van der Waals surface area (Å²) < 4.78 is 0. The van der Waals surface area contributed by atoms with Gasteiger partial charge in [-0.1, -0.05) is 45.0 Å². The van der Waals surface area contributed by atoms with Crippen molar-refractivity contribution in [3.8, 4) is 6.07 Å². The first-order chi connectivity index (χ1) is 7.54. The Hall–Kier alpha value is -1.33. The molecular formula is C14H20N2. The molecule has 0 bridgehead atoms. The third kappa shape index (κ3) is 4.04. The zero-order valence-electron chi connectivity index (χ0n) is 10.4. The summed E-state index contributed by atoms with van der Waals surface area (Å²) in [6.07, 6.45) is 0.570. The Morgan fingerprint density at radius 1 is 1.19 bits per heavy atom. The van der Waals surface area contributed by atoms with Crippen LogP contribution in [0.15, 0.2) is 24.3 Å². The van der Waals surface area contributed by atoms with E-state index in [1.165, 1.54) is 11.1 Å². The van der Waals surface area contributed by atoms with Crippen molar-refractivity contribution in [3.05, 3.63) is 35.4 Å². The summed E-state index contributed by atoms with van der Waals surface area (Å²) in [4.78, 5) is 0. The van der Waals surface area contributed by atoms with E-state index in [0.717, 1.165) is 13.1 Å². The summed E-state index contributed by atoms with van der Waals surface area (Å²) in [5, 5.41) is 11.6. The molecule has 1 aromatic rings. The maximum absolute atomic E-state index is 8.40. The van der Waals surface area contributed by atoms with Gasteiger partial charge in [-0.15, -0.1) is 0 Å². The standard InChI is InChI=1S/C14H20N2/c1-14(2,3)13-7-5-12(6-8-13)11-16-10-4-9-15/h5-8,16H,4,10-11H2,1-3H3. The van der Waals surface area contributed by atoms with Gasteiger partial charge in [-0.25, -0.2) is 0 Å². The molecule has 0 aliphatic rings. The number of hydrogen-bond donors (Lipinski definition) is 1. The monoisotopic (exact) mass is 216 g/mol. The molecular weight excluding hydrogens is 196 g/mol. The Labute approximate surface area is 98.3 Å². The van der Waals surface area contributed by atoms with Gasteiger partial charge in [-0.05, 0) is 16.5 Å². The molecule has 1 N–H and O–H groups in total. The van der Waals surface area contributed by atoms with E-state index in [4.69, 9.17) is 5.26 Å². The second-order valence-electron chi connectivity index (χ2n) is 5.03. The third-order valence-corrected chi connectivity index (χ3v) is 2.56. The van der Waals surface area contributed by atoms with Crippen molar-refractivity contribution in [1.82, 2.24) is 5.32 Å². The topological polar surface area (TPSA) is 35.8 Å². The van der Waals surface area contributed by atoms with Gasteiger partial charge >= 0.3 is 0 Å². The zero-order chi connectivity index (χ0) is 12.0. The Kier molecular flexibility index (Phi) is 4.52. The summed E-state index contributed by atoms with van der Waals surface area (Å²) in [5.74, 6) is 0. The molecule has 0 heterocycles. The van der Waals surface area contributed by atoms with Crippen LogP contribution in [-0.4, -0.2) is 6.54 Å². The summed E-state index contributed by atoms with van der Waals surface area (Å²) in [6, 6.07) is 10.8. The van der Waals surface area contributed by atoms with E-state index in [-0.39, 0.29) is 5.41 Å². The van der Waals surface area contributed by atoms with Gasteiger partial charge in [0.15, 0.2) is 0 Å². The molecule has 0 saturated heterocycles. The van der Waals surface area contributed by atoms with Gasteiger partial charge in [0.1, 0.15) is 0 Å². The fourth-order valence-corrected chi connectivity index (χ4v) is 1.50. The van der Waals surface area contributed by atoms with Crippen molar-refractivity contribution < 1.29 is 0 Å². The van der Waals surface area contributed by atoms with Crippen LogP contribution in [0.1, 0.15) is 38.3 Å². The minimum atomic E-state index is 0.215. The van der Waals surface area contributed by atoms with Gasteiger partial charge in [0, 0.05) is 19.5 Å². The Bertz CT molecular complexity index is 352. The molecule has 2 nitrogen and oxygen atoms in total. The second-order valence-corrected chi connectivity index (χ2v) is 5.03. The van der Waals surface area contributed by atoms with Crippen LogP contribution in [-0.2, 0) is 12.0 Å². The van der Waals surface area contributed by atoms with Gasteiger partial charge in [0.25, 0.3) is 0 Å². The normalized spacial score (nSPS) is 11.1. The molecule has 86 valence electrons. The quantitative estimate of drug-likeness (QED) is 0.785. The minimum Gasteiger partial charge on any atom is -0.312 e. The van der Waals surface area contributed by atoms with E-state index < -0.39 is 0 Å². The molecule has 0 aliphatic heterocycles. The molecule has 0 amide bonds. The van der Waals surface area contributed by atoms with Crippen molar-refractivity contribution in [2.75, 3.05) is 6.54 Å². The number of rotatable bonds is 4. The summed E-state index contributed by atoms with van der Waals surface area (Å²) in [7, 11) is 0. The Balaban J connectivity index is 2.49. The van der Waals surface area contributed by atoms with Crippen molar-refractivity contribution in [1.29, 1.82) is 5.26 Å². The Morgan fingerprint density at radius 2 is 1.81 bits per heavy atom. The molecule has 0 atom stereocenters. The van der Waals surface area contributed by atoms with Crippen LogP contribution in [0.3, 0.4) is 0 Å². The maximum Gasteiger partial charge on any atom is 0.0635 e. The number of nitriles is 1. The number of nitrogens with zero attached hydrogens (tertiary/aromatic N) is 1. The first kappa shape index (κ1) is 12.7. The number of nitrogens with one attached hydrogen (secondary N) is 1. The van der Waals surface area contributed by atoms with Crippen molar-refractivity contribution in [2.45, 2.75) is 39.2 Å². The molecule has 0 spiro atoms. The van der Waals surface area contributed by atoms with E-state index in [1.54, 1.807) is 0 Å². The van der Waals surface area contributed by atoms with Gasteiger partial charge < -0.3 is 5.32 Å². The van der Waals surface area contributed by atoms with Crippen LogP contribution in [0.25, 0.3) is 0 Å². The molecule has 0 aromatic heterocycles. The predicted molar refractivity (Wildman–Crippen MR) is 67.1 cm³/mol. The van der Waals surface area contributed by atoms with Crippen LogP contribution in [0.4, 0.5) is 0 Å². The molecule has 1 aromatic carbocycles. The third-order valence-electron chi connectivity index (χ3n) is 2.56. The lowest BCUT2D eigenvalue weighted by molar-refractivity contribution is 0.589. The van der Waals surface area contributed by atoms with Crippen LogP contribution in [0.2, 0.25) is 0 Å². The van der Waals surface area contributed by atoms with Crippen molar-refractivity contribution in [2.24, 2.45) is 0 Å². The molecule has 0 unspecified atom stereocenters. The summed E-state index contributed by atoms with van der Waals surface area (Å²) in [5.41, 5.74) is 2.84. The summed E-state index contributed by atoms with van der Waals surface area (Å²) in [6.45, 7) is 8.25. The number of benzene rings is 1. The van der Waals surface area contributed by atoms with Gasteiger partial charge in [-0.3, -0.25) is 0 Å². The molecule has 1 rings (SSSR count). The number of hydrogen-bond acceptors (Lipinski definition) is 2. The molecule has 0 saturated carbocycles. The highest BCUT2D eigenvalue weighted by Gasteiger charge is 2.12. The molecule has 0 fully saturated rings. The van der Waals surface area contributed by atoms with E-state index in [2.05, 4.69) is 56.4 Å². The second kappa shape index (κ2) is 5.67. The largest absolute Gasteiger partial charge is 0.312 e. The van der Waals surface area contributed by atoms with E-state index in [0.29, 0.717) is 6.42 Å². The lowest BCUT2D eigenvalue weighted by atomic mass is 9.87. The predicted octanol–water partition coefficient (Wildman–Crippen LogP) is 2.99. The van der Waals surface area contributed by atoms with Gasteiger partial charge in [0.05, 0.1) is 6.07 Å². The van der Waals surface area contributed by atoms with E-state index in [1.807, 2.05) is 0 Å². The maximum atomic E-state index is 8.40. The highest BCUT2D eigenvalue weighted by Crippen LogP contribution is 2.21. The average molecular weight is 216 g/mol. The first-order valence-electron chi connectivity index (χ1n) is 5.71. The van der Waals surface area contributed by atoms with Gasteiger partial charge in [0.2, 0.25) is 0 Å². The fraction of sp³-hybridized carbons (Fsp3) is 0.500. The highest BCUT2D eigenvalue weighted by atomic mass is 14.8.